The van der Waals surface area contributed by atoms with Crippen LogP contribution in [0.5, 0.6) is 0 Å². The molecule has 0 aliphatic carbocycles. The molecule has 0 saturated carbocycles. The minimum Gasteiger partial charge on any atom is -0.349 e. The van der Waals surface area contributed by atoms with E-state index in [2.05, 4.69) is 10.4 Å². The van der Waals surface area contributed by atoms with Gasteiger partial charge in [0.15, 0.2) is 0 Å². The minimum atomic E-state index is -0.379. The second-order valence-electron chi connectivity index (χ2n) is 6.13. The zero-order valence-corrected chi connectivity index (χ0v) is 15.6. The standard InChI is InChI=1S/C19H21ClN4O/c1-12(2)22-19(25)16(10-21)9-17-13(3)23-24(14(17)4)11-15-7-5-6-8-18(15)20/h5-9,12H,11H2,1-4H3,(H,22,25)/b16-9+. The monoisotopic (exact) mass is 356 g/mol. The molecule has 2 rings (SSSR count). The summed E-state index contributed by atoms with van der Waals surface area (Å²) in [4.78, 5) is 12.1. The summed E-state index contributed by atoms with van der Waals surface area (Å²) in [5.41, 5.74) is 3.44. The lowest BCUT2D eigenvalue weighted by Crippen LogP contribution is -2.30. The summed E-state index contributed by atoms with van der Waals surface area (Å²) in [6, 6.07) is 9.54. The first-order valence-electron chi connectivity index (χ1n) is 8.03. The molecule has 0 spiro atoms. The van der Waals surface area contributed by atoms with Gasteiger partial charge in [-0.1, -0.05) is 29.8 Å². The van der Waals surface area contributed by atoms with E-state index in [-0.39, 0.29) is 17.5 Å². The van der Waals surface area contributed by atoms with Gasteiger partial charge in [0.1, 0.15) is 11.6 Å². The molecular weight excluding hydrogens is 336 g/mol. The van der Waals surface area contributed by atoms with Crippen molar-refractivity contribution in [1.82, 2.24) is 15.1 Å². The fourth-order valence-electron chi connectivity index (χ4n) is 2.49. The van der Waals surface area contributed by atoms with Crippen molar-refractivity contribution in [2.24, 2.45) is 0 Å². The van der Waals surface area contributed by atoms with Gasteiger partial charge in [-0.15, -0.1) is 0 Å². The number of benzene rings is 1. The number of carbonyl (C=O) groups excluding carboxylic acids is 1. The summed E-state index contributed by atoms with van der Waals surface area (Å²) in [6.45, 7) is 8.01. The number of halogens is 1. The van der Waals surface area contributed by atoms with Crippen molar-refractivity contribution in [3.8, 4) is 6.07 Å². The van der Waals surface area contributed by atoms with Crippen molar-refractivity contribution in [3.05, 3.63) is 57.4 Å². The molecular formula is C19H21ClN4O. The Morgan fingerprint density at radius 2 is 2.08 bits per heavy atom. The second kappa shape index (κ2) is 8.00. The Kier molecular flexibility index (Phi) is 6.00. The highest BCUT2D eigenvalue weighted by atomic mass is 35.5. The second-order valence-corrected chi connectivity index (χ2v) is 6.54. The van der Waals surface area contributed by atoms with Crippen LogP contribution in [0.15, 0.2) is 29.8 Å². The largest absolute Gasteiger partial charge is 0.349 e. The maximum absolute atomic E-state index is 12.1. The Morgan fingerprint density at radius 3 is 2.68 bits per heavy atom. The summed E-state index contributed by atoms with van der Waals surface area (Å²) in [5.74, 6) is -0.379. The van der Waals surface area contributed by atoms with E-state index in [0.717, 1.165) is 22.5 Å². The lowest BCUT2D eigenvalue weighted by atomic mass is 10.1. The summed E-state index contributed by atoms with van der Waals surface area (Å²) in [5, 5.41) is 17.2. The van der Waals surface area contributed by atoms with Gasteiger partial charge in [0, 0.05) is 22.3 Å². The lowest BCUT2D eigenvalue weighted by molar-refractivity contribution is -0.117. The van der Waals surface area contributed by atoms with Gasteiger partial charge in [0.25, 0.3) is 5.91 Å². The zero-order valence-electron chi connectivity index (χ0n) is 14.8. The summed E-state index contributed by atoms with van der Waals surface area (Å²) in [7, 11) is 0. The number of aryl methyl sites for hydroxylation is 1. The Bertz CT molecular complexity index is 859. The van der Waals surface area contributed by atoms with Crippen molar-refractivity contribution in [3.63, 3.8) is 0 Å². The molecule has 0 fully saturated rings. The maximum Gasteiger partial charge on any atom is 0.262 e. The Morgan fingerprint density at radius 1 is 1.40 bits per heavy atom. The van der Waals surface area contributed by atoms with Crippen LogP contribution >= 0.6 is 11.6 Å². The average molecular weight is 357 g/mol. The first-order chi connectivity index (χ1) is 11.8. The van der Waals surface area contributed by atoms with E-state index in [9.17, 15) is 10.1 Å². The van der Waals surface area contributed by atoms with Gasteiger partial charge < -0.3 is 5.32 Å². The van der Waals surface area contributed by atoms with Crippen molar-refractivity contribution in [2.45, 2.75) is 40.3 Å². The predicted molar refractivity (Wildman–Crippen MR) is 99.1 cm³/mol. The third kappa shape index (κ3) is 4.49. The maximum atomic E-state index is 12.1. The van der Waals surface area contributed by atoms with E-state index >= 15 is 0 Å². The lowest BCUT2D eigenvalue weighted by Gasteiger charge is -2.08. The molecule has 0 unspecified atom stereocenters. The van der Waals surface area contributed by atoms with E-state index < -0.39 is 0 Å². The molecule has 0 atom stereocenters. The fraction of sp³-hybridized carbons (Fsp3) is 0.316. The molecule has 1 aromatic carbocycles. The number of carbonyl (C=O) groups is 1. The van der Waals surface area contributed by atoms with Gasteiger partial charge in [-0.3, -0.25) is 9.48 Å². The molecule has 1 aromatic heterocycles. The van der Waals surface area contributed by atoms with Crippen LogP contribution in [0.2, 0.25) is 5.02 Å². The molecule has 5 nitrogen and oxygen atoms in total. The molecule has 0 saturated heterocycles. The van der Waals surface area contributed by atoms with Crippen LogP contribution in [-0.4, -0.2) is 21.7 Å². The first-order valence-corrected chi connectivity index (χ1v) is 8.41. The highest BCUT2D eigenvalue weighted by Gasteiger charge is 2.15. The number of nitrogens with zero attached hydrogens (tertiary/aromatic N) is 3. The molecule has 0 aliphatic heterocycles. The van der Waals surface area contributed by atoms with Crippen molar-refractivity contribution < 1.29 is 4.79 Å². The van der Waals surface area contributed by atoms with Gasteiger partial charge >= 0.3 is 0 Å². The summed E-state index contributed by atoms with van der Waals surface area (Å²) in [6.07, 6.45) is 1.60. The van der Waals surface area contributed by atoms with Crippen LogP contribution < -0.4 is 5.32 Å². The van der Waals surface area contributed by atoms with E-state index in [1.807, 2.05) is 62.7 Å². The van der Waals surface area contributed by atoms with Crippen LogP contribution in [0.3, 0.4) is 0 Å². The van der Waals surface area contributed by atoms with E-state index in [1.165, 1.54) is 0 Å². The number of nitriles is 1. The quantitative estimate of drug-likeness (QED) is 0.656. The molecule has 0 aliphatic rings. The van der Waals surface area contributed by atoms with Crippen LogP contribution in [0, 0.1) is 25.2 Å². The summed E-state index contributed by atoms with van der Waals surface area (Å²) >= 11 is 6.22. The van der Waals surface area contributed by atoms with Gasteiger partial charge in [0.05, 0.1) is 12.2 Å². The van der Waals surface area contributed by atoms with Crippen molar-refractivity contribution in [1.29, 1.82) is 5.26 Å². The third-order valence-electron chi connectivity index (χ3n) is 3.79. The van der Waals surface area contributed by atoms with Crippen LogP contribution in [0.4, 0.5) is 0 Å². The number of nitrogens with one attached hydrogen (secondary N) is 1. The van der Waals surface area contributed by atoms with Crippen LogP contribution in [-0.2, 0) is 11.3 Å². The third-order valence-corrected chi connectivity index (χ3v) is 4.16. The number of aromatic nitrogens is 2. The molecule has 130 valence electrons. The van der Waals surface area contributed by atoms with Gasteiger partial charge in [-0.25, -0.2) is 0 Å². The SMILES string of the molecule is Cc1nn(Cc2ccccc2Cl)c(C)c1/C=C(\C#N)C(=O)NC(C)C. The highest BCUT2D eigenvalue weighted by Crippen LogP contribution is 2.21. The van der Waals surface area contributed by atoms with E-state index in [4.69, 9.17) is 11.6 Å². The zero-order chi connectivity index (χ0) is 18.6. The molecule has 2 aromatic rings. The number of amides is 1. The van der Waals surface area contributed by atoms with Crippen molar-refractivity contribution in [2.75, 3.05) is 0 Å². The molecule has 6 heteroatoms. The van der Waals surface area contributed by atoms with Crippen LogP contribution in [0.25, 0.3) is 6.08 Å². The smallest absolute Gasteiger partial charge is 0.262 e. The Labute approximate surface area is 152 Å². The van der Waals surface area contributed by atoms with Gasteiger partial charge in [-0.2, -0.15) is 10.4 Å². The first kappa shape index (κ1) is 18.8. The molecule has 0 radical (unpaired) electrons. The summed E-state index contributed by atoms with van der Waals surface area (Å²) < 4.78 is 1.83. The fourth-order valence-corrected chi connectivity index (χ4v) is 2.69. The minimum absolute atomic E-state index is 0.0330. The van der Waals surface area contributed by atoms with Crippen LogP contribution in [0.1, 0.15) is 36.4 Å². The normalized spacial score (nSPS) is 11.5. The molecule has 0 bridgehead atoms. The number of rotatable bonds is 5. The number of hydrogen-bond acceptors (Lipinski definition) is 3. The van der Waals surface area contributed by atoms with Crippen molar-refractivity contribution >= 4 is 23.6 Å². The van der Waals surface area contributed by atoms with Gasteiger partial charge in [-0.05, 0) is 45.4 Å². The Balaban J connectivity index is 2.36. The highest BCUT2D eigenvalue weighted by molar-refractivity contribution is 6.31. The number of hydrogen-bond donors (Lipinski definition) is 1. The average Bonchev–Trinajstić information content (AvgIpc) is 2.80. The Hall–Kier alpha value is -2.58. The molecule has 1 amide bonds. The van der Waals surface area contributed by atoms with Gasteiger partial charge in [0.2, 0.25) is 0 Å². The van der Waals surface area contributed by atoms with E-state index in [1.54, 1.807) is 6.08 Å². The molecule has 1 N–H and O–H groups in total. The molecule has 25 heavy (non-hydrogen) atoms. The van der Waals surface area contributed by atoms with E-state index in [0.29, 0.717) is 11.6 Å². The predicted octanol–water partition coefficient (Wildman–Crippen LogP) is 3.63. The molecule has 1 heterocycles. The topological polar surface area (TPSA) is 70.7 Å².